The lowest BCUT2D eigenvalue weighted by Crippen LogP contribution is -2.48. The van der Waals surface area contributed by atoms with E-state index in [1.807, 2.05) is 6.92 Å². The molecule has 1 N–H and O–H groups in total. The lowest BCUT2D eigenvalue weighted by molar-refractivity contribution is -0.112. The van der Waals surface area contributed by atoms with Gasteiger partial charge in [-0.25, -0.2) is 0 Å². The maximum absolute atomic E-state index is 9.45. The topological polar surface area (TPSA) is 35.9 Å². The van der Waals surface area contributed by atoms with Crippen molar-refractivity contribution in [3.63, 3.8) is 0 Å². The zero-order valence-electron chi connectivity index (χ0n) is 9.28. The first-order valence-corrected chi connectivity index (χ1v) is 5.50. The molecule has 0 aromatic carbocycles. The van der Waals surface area contributed by atoms with E-state index < -0.39 is 6.29 Å². The van der Waals surface area contributed by atoms with E-state index in [9.17, 15) is 5.11 Å². The first kappa shape index (κ1) is 11.9. The van der Waals surface area contributed by atoms with Crippen molar-refractivity contribution in [2.24, 2.45) is 0 Å². The third kappa shape index (κ3) is 3.92. The molecule has 0 amide bonds. The molecule has 0 aromatic heterocycles. The predicted molar refractivity (Wildman–Crippen MR) is 56.2 cm³/mol. The van der Waals surface area contributed by atoms with E-state index in [1.54, 1.807) is 0 Å². The third-order valence-electron chi connectivity index (χ3n) is 2.69. The zero-order chi connectivity index (χ0) is 10.4. The van der Waals surface area contributed by atoms with Gasteiger partial charge in [-0.15, -0.1) is 0 Å². The van der Waals surface area contributed by atoms with Crippen molar-refractivity contribution in [1.29, 1.82) is 0 Å². The molecule has 0 bridgehead atoms. The summed E-state index contributed by atoms with van der Waals surface area (Å²) in [6.45, 7) is 10.7. The number of β-amino-alcohol motifs (C(OH)–C–C–N with tert-alkyl or cyclic N) is 1. The Hall–Kier alpha value is -0.160. The number of nitrogens with zero attached hydrogens (tertiary/aromatic N) is 2. The molecule has 1 fully saturated rings. The highest BCUT2D eigenvalue weighted by Crippen LogP contribution is 2.02. The molecular formula is C10H22N2O2. The number of aliphatic hydroxyl groups is 1. The largest absolute Gasteiger partial charge is 0.367 e. The Balaban J connectivity index is 2.15. The van der Waals surface area contributed by atoms with Gasteiger partial charge in [-0.2, -0.15) is 0 Å². The van der Waals surface area contributed by atoms with E-state index in [-0.39, 0.29) is 0 Å². The van der Waals surface area contributed by atoms with Gasteiger partial charge in [0.15, 0.2) is 6.29 Å². The second-order valence-electron chi connectivity index (χ2n) is 3.64. The Kier molecular flexibility index (Phi) is 5.40. The van der Waals surface area contributed by atoms with Crippen LogP contribution in [-0.2, 0) is 4.74 Å². The molecule has 1 saturated heterocycles. The van der Waals surface area contributed by atoms with Crippen molar-refractivity contribution >= 4 is 0 Å². The summed E-state index contributed by atoms with van der Waals surface area (Å²) in [6.07, 6.45) is -0.617. The minimum atomic E-state index is -0.617. The summed E-state index contributed by atoms with van der Waals surface area (Å²) in [5, 5.41) is 9.45. The highest BCUT2D eigenvalue weighted by molar-refractivity contribution is 4.71. The summed E-state index contributed by atoms with van der Waals surface area (Å²) in [7, 11) is 0. The minimum Gasteiger partial charge on any atom is -0.367 e. The molecule has 0 saturated carbocycles. The van der Waals surface area contributed by atoms with Crippen LogP contribution >= 0.6 is 0 Å². The molecule has 1 heterocycles. The maximum atomic E-state index is 9.45. The van der Waals surface area contributed by atoms with Crippen molar-refractivity contribution in [1.82, 2.24) is 9.80 Å². The smallest absolute Gasteiger partial charge is 0.167 e. The van der Waals surface area contributed by atoms with Crippen LogP contribution < -0.4 is 0 Å². The van der Waals surface area contributed by atoms with Gasteiger partial charge in [-0.1, -0.05) is 6.92 Å². The second-order valence-corrected chi connectivity index (χ2v) is 3.64. The second kappa shape index (κ2) is 6.35. The lowest BCUT2D eigenvalue weighted by Gasteiger charge is -2.34. The van der Waals surface area contributed by atoms with Gasteiger partial charge >= 0.3 is 0 Å². The normalized spacial score (nSPS) is 22.5. The molecule has 1 rings (SSSR count). The van der Waals surface area contributed by atoms with Crippen LogP contribution in [0, 0.1) is 0 Å². The fourth-order valence-electron chi connectivity index (χ4n) is 1.75. The van der Waals surface area contributed by atoms with Gasteiger partial charge in [0.05, 0.1) is 0 Å². The predicted octanol–water partition coefficient (Wildman–Crippen LogP) is -0.0212. The fraction of sp³-hybridized carbons (Fsp3) is 1.00. The summed E-state index contributed by atoms with van der Waals surface area (Å²) < 4.78 is 5.10. The zero-order valence-corrected chi connectivity index (χ0v) is 9.28. The van der Waals surface area contributed by atoms with Crippen molar-refractivity contribution in [3.05, 3.63) is 0 Å². The molecule has 4 nitrogen and oxygen atoms in total. The van der Waals surface area contributed by atoms with Crippen LogP contribution in [0.1, 0.15) is 13.8 Å². The quantitative estimate of drug-likeness (QED) is 0.636. The van der Waals surface area contributed by atoms with E-state index in [2.05, 4.69) is 16.7 Å². The monoisotopic (exact) mass is 202 g/mol. The van der Waals surface area contributed by atoms with Crippen LogP contribution in [0.15, 0.2) is 0 Å². The van der Waals surface area contributed by atoms with Gasteiger partial charge in [-0.3, -0.25) is 4.90 Å². The van der Waals surface area contributed by atoms with Crippen molar-refractivity contribution in [2.75, 3.05) is 45.9 Å². The highest BCUT2D eigenvalue weighted by atomic mass is 16.6. The van der Waals surface area contributed by atoms with E-state index in [1.165, 1.54) is 0 Å². The number of piperazine rings is 1. The average molecular weight is 202 g/mol. The number of likely N-dealkylation sites (N-methyl/N-ethyl adjacent to an activating group) is 1. The van der Waals surface area contributed by atoms with Crippen LogP contribution in [-0.4, -0.2) is 67.1 Å². The molecule has 84 valence electrons. The summed E-state index contributed by atoms with van der Waals surface area (Å²) in [5.41, 5.74) is 0. The Labute approximate surface area is 86.4 Å². The number of rotatable bonds is 5. The molecule has 14 heavy (non-hydrogen) atoms. The van der Waals surface area contributed by atoms with Gasteiger partial charge in [0.2, 0.25) is 0 Å². The van der Waals surface area contributed by atoms with Crippen LogP contribution in [0.4, 0.5) is 0 Å². The molecule has 1 unspecified atom stereocenters. The number of aliphatic hydroxyl groups excluding tert-OH is 1. The molecule has 0 radical (unpaired) electrons. The number of ether oxygens (including phenoxy) is 1. The van der Waals surface area contributed by atoms with Crippen molar-refractivity contribution < 1.29 is 9.84 Å². The summed E-state index contributed by atoms with van der Waals surface area (Å²) >= 11 is 0. The van der Waals surface area contributed by atoms with E-state index in [4.69, 9.17) is 4.74 Å². The van der Waals surface area contributed by atoms with E-state index in [0.717, 1.165) is 32.7 Å². The molecule has 1 aliphatic heterocycles. The average Bonchev–Trinajstić information content (AvgIpc) is 2.19. The first-order valence-electron chi connectivity index (χ1n) is 5.50. The maximum Gasteiger partial charge on any atom is 0.167 e. The fourth-order valence-corrected chi connectivity index (χ4v) is 1.75. The van der Waals surface area contributed by atoms with Gasteiger partial charge in [0.1, 0.15) is 0 Å². The Morgan fingerprint density at radius 3 is 2.21 bits per heavy atom. The highest BCUT2D eigenvalue weighted by Gasteiger charge is 2.17. The summed E-state index contributed by atoms with van der Waals surface area (Å²) in [6, 6.07) is 0. The van der Waals surface area contributed by atoms with Gasteiger partial charge < -0.3 is 14.7 Å². The Morgan fingerprint density at radius 2 is 1.71 bits per heavy atom. The lowest BCUT2D eigenvalue weighted by atomic mass is 10.3. The summed E-state index contributed by atoms with van der Waals surface area (Å²) in [4.78, 5) is 4.68. The van der Waals surface area contributed by atoms with Crippen LogP contribution in [0.2, 0.25) is 0 Å². The van der Waals surface area contributed by atoms with E-state index >= 15 is 0 Å². The minimum absolute atomic E-state index is 0.579. The number of hydrogen-bond donors (Lipinski definition) is 1. The molecule has 0 aliphatic carbocycles. The van der Waals surface area contributed by atoms with Crippen molar-refractivity contribution in [2.45, 2.75) is 20.1 Å². The number of hydrogen-bond acceptors (Lipinski definition) is 4. The van der Waals surface area contributed by atoms with Crippen LogP contribution in [0.25, 0.3) is 0 Å². The molecule has 4 heteroatoms. The van der Waals surface area contributed by atoms with Crippen molar-refractivity contribution in [3.8, 4) is 0 Å². The standard InChI is InChI=1S/C10H22N2O2/c1-3-11-5-7-12(8-6-11)9-10(13)14-4-2/h10,13H,3-9H2,1-2H3. The van der Waals surface area contributed by atoms with Gasteiger partial charge in [0.25, 0.3) is 0 Å². The van der Waals surface area contributed by atoms with Crippen LogP contribution in [0.3, 0.4) is 0 Å². The molecular weight excluding hydrogens is 180 g/mol. The SMILES string of the molecule is CCOC(O)CN1CCN(CC)CC1. The molecule has 0 spiro atoms. The third-order valence-corrected chi connectivity index (χ3v) is 2.69. The Bertz CT molecular complexity index is 147. The molecule has 0 aromatic rings. The molecule has 1 atom stereocenters. The Morgan fingerprint density at radius 1 is 1.14 bits per heavy atom. The van der Waals surface area contributed by atoms with Gasteiger partial charge in [0, 0.05) is 39.3 Å². The first-order chi connectivity index (χ1) is 6.76. The van der Waals surface area contributed by atoms with E-state index in [0.29, 0.717) is 13.2 Å². The van der Waals surface area contributed by atoms with Crippen LogP contribution in [0.5, 0.6) is 0 Å². The van der Waals surface area contributed by atoms with Gasteiger partial charge in [-0.05, 0) is 13.5 Å². The summed E-state index contributed by atoms with van der Waals surface area (Å²) in [5.74, 6) is 0. The molecule has 1 aliphatic rings.